The zero-order valence-electron chi connectivity index (χ0n) is 13.1. The Morgan fingerprint density at radius 1 is 0.458 bits per heavy atom. The third-order valence-electron chi connectivity index (χ3n) is 3.72. The summed E-state index contributed by atoms with van der Waals surface area (Å²) >= 11 is 8.93. The van der Waals surface area contributed by atoms with E-state index >= 15 is 0 Å². The maximum Gasteiger partial charge on any atom is 0.0113 e. The molecular formula is C22H18S2. The van der Waals surface area contributed by atoms with Gasteiger partial charge >= 0.3 is 0 Å². The fourth-order valence-electron chi connectivity index (χ4n) is 2.35. The van der Waals surface area contributed by atoms with Crippen LogP contribution in [0.2, 0.25) is 0 Å². The van der Waals surface area contributed by atoms with E-state index in [4.69, 9.17) is 0 Å². The van der Waals surface area contributed by atoms with Crippen LogP contribution in [0, 0.1) is 0 Å². The minimum absolute atomic E-state index is 0.985. The Kier molecular flexibility index (Phi) is 5.63. The van der Waals surface area contributed by atoms with E-state index in [-0.39, 0.29) is 0 Å². The van der Waals surface area contributed by atoms with Crippen molar-refractivity contribution in [1.29, 1.82) is 0 Å². The number of hydrogen-bond acceptors (Lipinski definition) is 2. The van der Waals surface area contributed by atoms with Crippen LogP contribution in [-0.4, -0.2) is 0 Å². The molecule has 0 radical (unpaired) electrons. The summed E-state index contributed by atoms with van der Waals surface area (Å²) in [6, 6.07) is 24.6. The smallest absolute Gasteiger partial charge is 0.0113 e. The summed E-state index contributed by atoms with van der Waals surface area (Å²) < 4.78 is 0. The summed E-state index contributed by atoms with van der Waals surface area (Å²) in [4.78, 5) is 1.97. The molecule has 3 aromatic rings. The van der Waals surface area contributed by atoms with Gasteiger partial charge in [-0.2, -0.15) is 0 Å². The summed E-state index contributed by atoms with van der Waals surface area (Å²) in [5.41, 5.74) is 4.57. The van der Waals surface area contributed by atoms with Crippen LogP contribution in [0.15, 0.2) is 82.6 Å². The van der Waals surface area contributed by atoms with Crippen LogP contribution >= 0.6 is 25.3 Å². The highest BCUT2D eigenvalue weighted by atomic mass is 32.1. The Hall–Kier alpha value is -2.16. The van der Waals surface area contributed by atoms with Gasteiger partial charge in [-0.25, -0.2) is 0 Å². The largest absolute Gasteiger partial charge is 0.143 e. The fraction of sp³-hybridized carbons (Fsp3) is 0. The van der Waals surface area contributed by atoms with Crippen LogP contribution in [0.5, 0.6) is 0 Å². The molecule has 0 saturated heterocycles. The Labute approximate surface area is 154 Å². The number of hydrogen-bond donors (Lipinski definition) is 2. The summed E-state index contributed by atoms with van der Waals surface area (Å²) in [6.07, 6.45) is 8.38. The molecule has 3 rings (SSSR count). The topological polar surface area (TPSA) is 0 Å². The average molecular weight is 347 g/mol. The summed E-state index contributed by atoms with van der Waals surface area (Å²) in [5, 5.41) is 0. The van der Waals surface area contributed by atoms with E-state index in [1.54, 1.807) is 0 Å². The van der Waals surface area contributed by atoms with Gasteiger partial charge in [-0.05, 0) is 34.4 Å². The second-order valence-corrected chi connectivity index (χ2v) is 6.41. The van der Waals surface area contributed by atoms with Crippen LogP contribution in [0.1, 0.15) is 22.3 Å². The quantitative estimate of drug-likeness (QED) is 0.386. The average Bonchev–Trinajstić information content (AvgIpc) is 2.61. The van der Waals surface area contributed by atoms with Crippen LogP contribution in [0.3, 0.4) is 0 Å². The van der Waals surface area contributed by atoms with Gasteiger partial charge in [0, 0.05) is 9.79 Å². The van der Waals surface area contributed by atoms with Crippen LogP contribution in [0.25, 0.3) is 24.3 Å². The van der Waals surface area contributed by atoms with E-state index in [0.717, 1.165) is 20.9 Å². The summed E-state index contributed by atoms with van der Waals surface area (Å²) in [6.45, 7) is 0. The highest BCUT2D eigenvalue weighted by Crippen LogP contribution is 2.18. The molecule has 0 aromatic heterocycles. The third kappa shape index (κ3) is 4.44. The van der Waals surface area contributed by atoms with Gasteiger partial charge in [0.25, 0.3) is 0 Å². The Morgan fingerprint density at radius 2 is 0.833 bits per heavy atom. The van der Waals surface area contributed by atoms with E-state index in [1.807, 2.05) is 36.4 Å². The maximum absolute atomic E-state index is 4.46. The normalized spacial score (nSPS) is 11.4. The van der Waals surface area contributed by atoms with Crippen molar-refractivity contribution in [2.75, 3.05) is 0 Å². The van der Waals surface area contributed by atoms with Gasteiger partial charge in [-0.1, -0.05) is 85.0 Å². The predicted molar refractivity (Wildman–Crippen MR) is 112 cm³/mol. The van der Waals surface area contributed by atoms with Crippen LogP contribution in [-0.2, 0) is 0 Å². The molecule has 2 heteroatoms. The summed E-state index contributed by atoms with van der Waals surface area (Å²) in [5.74, 6) is 0. The molecular weight excluding hydrogens is 328 g/mol. The monoisotopic (exact) mass is 346 g/mol. The molecule has 0 unspecified atom stereocenters. The van der Waals surface area contributed by atoms with Gasteiger partial charge in [-0.3, -0.25) is 0 Å². The Balaban J connectivity index is 1.72. The first-order valence-electron chi connectivity index (χ1n) is 7.74. The van der Waals surface area contributed by atoms with Crippen molar-refractivity contribution in [2.45, 2.75) is 9.79 Å². The number of benzene rings is 3. The first kappa shape index (κ1) is 16.7. The van der Waals surface area contributed by atoms with Crippen molar-refractivity contribution >= 4 is 49.6 Å². The lowest BCUT2D eigenvalue weighted by molar-refractivity contribution is 1.44. The van der Waals surface area contributed by atoms with E-state index in [0.29, 0.717) is 0 Å². The van der Waals surface area contributed by atoms with Gasteiger partial charge in [0.05, 0.1) is 0 Å². The first-order valence-corrected chi connectivity index (χ1v) is 8.64. The number of thiol groups is 2. The zero-order valence-corrected chi connectivity index (χ0v) is 14.9. The van der Waals surface area contributed by atoms with E-state index < -0.39 is 0 Å². The molecule has 0 atom stereocenters. The molecule has 0 N–H and O–H groups in total. The molecule has 0 aliphatic heterocycles. The molecule has 3 aromatic carbocycles. The van der Waals surface area contributed by atoms with E-state index in [2.05, 4.69) is 86.0 Å². The zero-order chi connectivity index (χ0) is 16.8. The van der Waals surface area contributed by atoms with Crippen molar-refractivity contribution in [2.24, 2.45) is 0 Å². The van der Waals surface area contributed by atoms with Crippen molar-refractivity contribution in [3.8, 4) is 0 Å². The minimum atomic E-state index is 0.985. The van der Waals surface area contributed by atoms with Gasteiger partial charge in [0.15, 0.2) is 0 Å². The van der Waals surface area contributed by atoms with Gasteiger partial charge < -0.3 is 0 Å². The lowest BCUT2D eigenvalue weighted by Crippen LogP contribution is -1.78. The van der Waals surface area contributed by atoms with E-state index in [9.17, 15) is 0 Å². The molecule has 0 amide bonds. The molecule has 0 aliphatic carbocycles. The second-order valence-electron chi connectivity index (χ2n) is 5.45. The fourth-order valence-corrected chi connectivity index (χ4v) is 2.82. The molecule has 118 valence electrons. The van der Waals surface area contributed by atoms with Gasteiger partial charge in [0.1, 0.15) is 0 Å². The first-order chi connectivity index (χ1) is 11.7. The standard InChI is InChI=1S/C22H18S2/c23-21-7-3-1-5-19(21)15-13-17-9-11-18(12-10-17)14-16-20-6-2-4-8-22(20)24/h1-16,23-24H. The van der Waals surface area contributed by atoms with Crippen LogP contribution in [0.4, 0.5) is 0 Å². The minimum Gasteiger partial charge on any atom is -0.143 e. The molecule has 0 heterocycles. The van der Waals surface area contributed by atoms with Crippen molar-refractivity contribution in [1.82, 2.24) is 0 Å². The van der Waals surface area contributed by atoms with Crippen LogP contribution < -0.4 is 0 Å². The lowest BCUT2D eigenvalue weighted by Gasteiger charge is -2.00. The molecule has 0 nitrogen and oxygen atoms in total. The molecule has 0 spiro atoms. The van der Waals surface area contributed by atoms with Gasteiger partial charge in [-0.15, -0.1) is 25.3 Å². The van der Waals surface area contributed by atoms with Crippen molar-refractivity contribution in [3.05, 3.63) is 95.1 Å². The Morgan fingerprint density at radius 3 is 1.21 bits per heavy atom. The molecule has 0 fully saturated rings. The van der Waals surface area contributed by atoms with Gasteiger partial charge in [0.2, 0.25) is 0 Å². The van der Waals surface area contributed by atoms with Crippen molar-refractivity contribution in [3.63, 3.8) is 0 Å². The highest BCUT2D eigenvalue weighted by Gasteiger charge is 1.94. The van der Waals surface area contributed by atoms with Crippen molar-refractivity contribution < 1.29 is 0 Å². The molecule has 24 heavy (non-hydrogen) atoms. The maximum atomic E-state index is 4.46. The highest BCUT2D eigenvalue weighted by molar-refractivity contribution is 7.80. The SMILES string of the molecule is Sc1ccccc1C=Cc1ccc(C=Cc2ccccc2S)cc1. The molecule has 0 bridgehead atoms. The number of rotatable bonds is 4. The molecule has 0 aliphatic rings. The van der Waals surface area contributed by atoms with E-state index in [1.165, 1.54) is 11.1 Å². The lowest BCUT2D eigenvalue weighted by atomic mass is 10.1. The summed E-state index contributed by atoms with van der Waals surface area (Å²) in [7, 11) is 0. The molecule has 0 saturated carbocycles. The third-order valence-corrected chi connectivity index (χ3v) is 4.54. The second kappa shape index (κ2) is 8.09. The predicted octanol–water partition coefficient (Wildman–Crippen LogP) is 6.60. The Bertz CT molecular complexity index is 800.